The molecular weight excluding hydrogens is 486 g/mol. The number of hydrogen-bond donors (Lipinski definition) is 1. The van der Waals surface area contributed by atoms with Gasteiger partial charge in [-0.3, -0.25) is 4.79 Å². The number of nitrogens with zero attached hydrogens (tertiary/aromatic N) is 2. The van der Waals surface area contributed by atoms with E-state index in [4.69, 9.17) is 4.74 Å². The van der Waals surface area contributed by atoms with E-state index in [0.29, 0.717) is 24.6 Å². The number of nitrogens with one attached hydrogen (secondary N) is 1. The Labute approximate surface area is 231 Å². The van der Waals surface area contributed by atoms with Gasteiger partial charge in [0, 0.05) is 48.5 Å². The van der Waals surface area contributed by atoms with Crippen molar-refractivity contribution in [1.29, 1.82) is 0 Å². The van der Waals surface area contributed by atoms with Gasteiger partial charge in [-0.25, -0.2) is 4.79 Å². The van der Waals surface area contributed by atoms with Crippen molar-refractivity contribution < 1.29 is 14.3 Å². The molecule has 1 aliphatic heterocycles. The molecule has 1 atom stereocenters. The number of hydrogen-bond acceptors (Lipinski definition) is 4. The molecule has 3 aromatic rings. The molecule has 0 saturated carbocycles. The first-order chi connectivity index (χ1) is 18.9. The topological polar surface area (TPSA) is 63.6 Å². The summed E-state index contributed by atoms with van der Waals surface area (Å²) in [5.74, 6) is 0.227. The quantitative estimate of drug-likeness (QED) is 0.360. The van der Waals surface area contributed by atoms with Crippen molar-refractivity contribution in [3.63, 3.8) is 0 Å². The van der Waals surface area contributed by atoms with Crippen molar-refractivity contribution >= 4 is 28.5 Å². The van der Waals surface area contributed by atoms with Gasteiger partial charge in [0.1, 0.15) is 0 Å². The van der Waals surface area contributed by atoms with Gasteiger partial charge >= 0.3 is 5.97 Å². The van der Waals surface area contributed by atoms with Gasteiger partial charge in [-0.2, -0.15) is 0 Å². The summed E-state index contributed by atoms with van der Waals surface area (Å²) in [6.07, 6.45) is 12.9. The van der Waals surface area contributed by atoms with Crippen molar-refractivity contribution in [2.24, 2.45) is 0 Å². The number of piperidine rings is 1. The van der Waals surface area contributed by atoms with Gasteiger partial charge in [-0.05, 0) is 85.6 Å². The van der Waals surface area contributed by atoms with Crippen molar-refractivity contribution in [2.45, 2.75) is 65.0 Å². The van der Waals surface area contributed by atoms with Crippen molar-refractivity contribution in [3.8, 4) is 0 Å². The van der Waals surface area contributed by atoms with Gasteiger partial charge < -0.3 is 19.5 Å². The number of rotatable bonds is 7. The summed E-state index contributed by atoms with van der Waals surface area (Å²) in [5, 5.41) is 4.77. The lowest BCUT2D eigenvalue weighted by Gasteiger charge is -2.33. The maximum atomic E-state index is 13.3. The molecule has 204 valence electrons. The van der Waals surface area contributed by atoms with Gasteiger partial charge in [0.2, 0.25) is 0 Å². The first-order valence-electron chi connectivity index (χ1n) is 14.1. The van der Waals surface area contributed by atoms with E-state index in [9.17, 15) is 9.59 Å². The van der Waals surface area contributed by atoms with Crippen molar-refractivity contribution in [3.05, 3.63) is 88.6 Å². The molecule has 1 saturated heterocycles. The minimum atomic E-state index is -0.319. The molecule has 2 heterocycles. The van der Waals surface area contributed by atoms with E-state index >= 15 is 0 Å². The number of aryl methyl sites for hydroxylation is 1. The number of allylic oxidation sites excluding steroid dienone is 4. The predicted molar refractivity (Wildman–Crippen MR) is 157 cm³/mol. The number of benzene rings is 2. The van der Waals surface area contributed by atoms with Crippen LogP contribution in [0.1, 0.15) is 82.9 Å². The molecule has 2 aliphatic rings. The Hall–Kier alpha value is -3.64. The summed E-state index contributed by atoms with van der Waals surface area (Å²) in [5.41, 5.74) is 6.85. The molecule has 1 amide bonds. The molecule has 6 heteroatoms. The Morgan fingerprint density at radius 1 is 1.13 bits per heavy atom. The van der Waals surface area contributed by atoms with Crippen molar-refractivity contribution in [2.75, 3.05) is 20.2 Å². The van der Waals surface area contributed by atoms with E-state index in [0.717, 1.165) is 65.5 Å². The first-order valence-corrected chi connectivity index (χ1v) is 14.1. The molecule has 1 N–H and O–H groups in total. The Morgan fingerprint density at radius 2 is 1.92 bits per heavy atom. The number of carbonyl (C=O) groups is 2. The molecular formula is C33H39N3O3. The number of aromatic nitrogens is 1. The zero-order chi connectivity index (χ0) is 27.5. The van der Waals surface area contributed by atoms with Crippen LogP contribution < -0.4 is 5.32 Å². The molecule has 1 unspecified atom stereocenters. The molecule has 0 bridgehead atoms. The van der Waals surface area contributed by atoms with Crippen LogP contribution in [0, 0.1) is 6.92 Å². The number of amides is 1. The van der Waals surface area contributed by atoms with E-state index in [-0.39, 0.29) is 17.9 Å². The van der Waals surface area contributed by atoms with Crippen molar-refractivity contribution in [1.82, 2.24) is 14.8 Å². The third-order valence-electron chi connectivity index (χ3n) is 8.01. The zero-order valence-electron chi connectivity index (χ0n) is 23.5. The summed E-state index contributed by atoms with van der Waals surface area (Å²) in [6.45, 7) is 8.40. The molecule has 6 nitrogen and oxygen atoms in total. The lowest BCUT2D eigenvalue weighted by molar-refractivity contribution is 0.0599. The average Bonchev–Trinajstić information content (AvgIpc) is 3.32. The maximum Gasteiger partial charge on any atom is 0.338 e. The van der Waals surface area contributed by atoms with Crippen LogP contribution in [0.15, 0.2) is 60.8 Å². The first kappa shape index (κ1) is 26.9. The fourth-order valence-electron chi connectivity index (χ4n) is 5.68. The highest BCUT2D eigenvalue weighted by Gasteiger charge is 2.25. The summed E-state index contributed by atoms with van der Waals surface area (Å²) in [7, 11) is 1.42. The summed E-state index contributed by atoms with van der Waals surface area (Å²) in [4.78, 5) is 27.7. The van der Waals surface area contributed by atoms with Crippen LogP contribution >= 0.6 is 0 Å². The summed E-state index contributed by atoms with van der Waals surface area (Å²) < 4.78 is 7.28. The van der Waals surface area contributed by atoms with E-state index in [1.807, 2.05) is 30.0 Å². The van der Waals surface area contributed by atoms with Gasteiger partial charge in [-0.15, -0.1) is 0 Å². The number of methoxy groups -OCH3 is 1. The Morgan fingerprint density at radius 3 is 2.62 bits per heavy atom. The highest BCUT2D eigenvalue weighted by molar-refractivity contribution is 5.98. The fourth-order valence-corrected chi connectivity index (χ4v) is 5.68. The molecule has 1 fully saturated rings. The predicted octanol–water partition coefficient (Wildman–Crippen LogP) is 6.45. The maximum absolute atomic E-state index is 13.3. The van der Waals surface area contributed by atoms with Crippen LogP contribution in [-0.4, -0.2) is 47.6 Å². The van der Waals surface area contributed by atoms with Crippen LogP contribution in [0.25, 0.3) is 16.6 Å². The largest absolute Gasteiger partial charge is 0.465 e. The SMILES string of the molecule is COC(=O)c1cc2c(CNC3CCCN(C(=O)c4ccc(C(C)C)cc4)C3)cn(C3=CCCC=C3)c2cc1C. The van der Waals surface area contributed by atoms with Gasteiger partial charge in [-0.1, -0.05) is 38.1 Å². The number of ether oxygens (including phenoxy) is 1. The molecule has 1 aromatic heterocycles. The highest BCUT2D eigenvalue weighted by Crippen LogP contribution is 2.30. The zero-order valence-corrected chi connectivity index (χ0v) is 23.5. The number of carbonyl (C=O) groups excluding carboxylic acids is 2. The lowest BCUT2D eigenvalue weighted by Crippen LogP contribution is -2.47. The molecule has 0 spiro atoms. The molecule has 39 heavy (non-hydrogen) atoms. The summed E-state index contributed by atoms with van der Waals surface area (Å²) in [6, 6.07) is 12.3. The third-order valence-corrected chi connectivity index (χ3v) is 8.01. The minimum absolute atomic E-state index is 0.0997. The Bertz CT molecular complexity index is 1430. The number of likely N-dealkylation sites (tertiary alicyclic amines) is 1. The van der Waals surface area contributed by atoms with Gasteiger partial charge in [0.05, 0.1) is 18.2 Å². The molecule has 5 rings (SSSR count). The van der Waals surface area contributed by atoms with E-state index in [2.05, 4.69) is 66.4 Å². The normalized spacial score (nSPS) is 17.5. The number of fused-ring (bicyclic) bond motifs is 1. The Kier molecular flexibility index (Phi) is 8.03. The van der Waals surface area contributed by atoms with Gasteiger partial charge in [0.25, 0.3) is 5.91 Å². The van der Waals surface area contributed by atoms with Crippen LogP contribution in [0.3, 0.4) is 0 Å². The van der Waals surface area contributed by atoms with Crippen LogP contribution in [-0.2, 0) is 11.3 Å². The van der Waals surface area contributed by atoms with Crippen LogP contribution in [0.5, 0.6) is 0 Å². The number of esters is 1. The second-order valence-corrected chi connectivity index (χ2v) is 11.1. The summed E-state index contributed by atoms with van der Waals surface area (Å²) >= 11 is 0. The Balaban J connectivity index is 1.36. The van der Waals surface area contributed by atoms with E-state index in [1.54, 1.807) is 0 Å². The fraction of sp³-hybridized carbons (Fsp3) is 0.394. The second kappa shape index (κ2) is 11.6. The van der Waals surface area contributed by atoms with E-state index in [1.165, 1.54) is 12.7 Å². The van der Waals surface area contributed by atoms with Crippen LogP contribution in [0.4, 0.5) is 0 Å². The second-order valence-electron chi connectivity index (χ2n) is 11.1. The molecule has 0 radical (unpaired) electrons. The van der Waals surface area contributed by atoms with E-state index < -0.39 is 0 Å². The standard InChI is InChI=1S/C33H39N3O3/c1-22(2)24-12-14-25(15-13-24)32(37)35-16-8-9-27(21-35)34-19-26-20-36(28-10-6-5-7-11-28)31-17-23(3)29(18-30(26)31)33(38)39-4/h6,10-15,17-18,20,22,27,34H,5,7-9,16,19,21H2,1-4H3. The smallest absolute Gasteiger partial charge is 0.338 e. The lowest BCUT2D eigenvalue weighted by atomic mass is 10.00. The average molecular weight is 526 g/mol. The molecule has 1 aliphatic carbocycles. The van der Waals surface area contributed by atoms with Gasteiger partial charge in [0.15, 0.2) is 0 Å². The minimum Gasteiger partial charge on any atom is -0.465 e. The third kappa shape index (κ3) is 5.71. The monoisotopic (exact) mass is 525 g/mol. The highest BCUT2D eigenvalue weighted by atomic mass is 16.5. The molecule has 2 aromatic carbocycles. The van der Waals surface area contributed by atoms with Crippen LogP contribution in [0.2, 0.25) is 0 Å².